The van der Waals surface area contributed by atoms with E-state index in [2.05, 4.69) is 16.4 Å². The summed E-state index contributed by atoms with van der Waals surface area (Å²) in [5.74, 6) is 0. The van der Waals surface area contributed by atoms with Gasteiger partial charge in [0.1, 0.15) is 6.04 Å². The zero-order chi connectivity index (χ0) is 10.5. The lowest BCUT2D eigenvalue weighted by atomic mass is 9.95. The minimum Gasteiger partial charge on any atom is -0.295 e. The molecule has 1 aromatic rings. The second kappa shape index (κ2) is 5.24. The first-order valence-electron chi connectivity index (χ1n) is 5.44. The molecule has 0 aliphatic heterocycles. The topological polar surface area (TPSA) is 48.7 Å². The van der Waals surface area contributed by atoms with Crippen LogP contribution in [0.5, 0.6) is 0 Å². The summed E-state index contributed by atoms with van der Waals surface area (Å²) in [5, 5.41) is 12.5. The Labute approximate surface area is 94.1 Å². The summed E-state index contributed by atoms with van der Waals surface area (Å²) >= 11 is 1.55. The van der Waals surface area contributed by atoms with E-state index >= 15 is 0 Å². The highest BCUT2D eigenvalue weighted by atomic mass is 32.1. The SMILES string of the molecule is N#CC(NC1CCCCC1)c1cncs1. The summed E-state index contributed by atoms with van der Waals surface area (Å²) in [6.07, 6.45) is 8.12. The number of nitrogens with zero attached hydrogens (tertiary/aromatic N) is 2. The number of hydrogen-bond acceptors (Lipinski definition) is 4. The van der Waals surface area contributed by atoms with Crippen LogP contribution in [0.1, 0.15) is 43.0 Å². The molecule has 0 amide bonds. The van der Waals surface area contributed by atoms with E-state index in [1.165, 1.54) is 32.1 Å². The molecule has 1 saturated carbocycles. The standard InChI is InChI=1S/C11H15N3S/c12-6-10(11-7-13-8-15-11)14-9-4-2-1-3-5-9/h7-10,14H,1-5H2. The van der Waals surface area contributed by atoms with Gasteiger partial charge in [-0.25, -0.2) is 0 Å². The van der Waals surface area contributed by atoms with Crippen molar-refractivity contribution in [1.29, 1.82) is 5.26 Å². The molecule has 1 aliphatic rings. The van der Waals surface area contributed by atoms with Crippen LogP contribution in [-0.4, -0.2) is 11.0 Å². The van der Waals surface area contributed by atoms with Gasteiger partial charge in [0.2, 0.25) is 0 Å². The molecule has 0 spiro atoms. The molecule has 0 radical (unpaired) electrons. The molecule has 15 heavy (non-hydrogen) atoms. The van der Waals surface area contributed by atoms with Gasteiger partial charge in [-0.1, -0.05) is 19.3 Å². The molecular weight excluding hydrogens is 206 g/mol. The van der Waals surface area contributed by atoms with Crippen molar-refractivity contribution in [3.8, 4) is 6.07 Å². The van der Waals surface area contributed by atoms with E-state index < -0.39 is 0 Å². The van der Waals surface area contributed by atoms with Gasteiger partial charge in [0.15, 0.2) is 0 Å². The summed E-state index contributed by atoms with van der Waals surface area (Å²) in [6, 6.07) is 2.66. The van der Waals surface area contributed by atoms with Gasteiger partial charge in [-0.3, -0.25) is 10.3 Å². The van der Waals surface area contributed by atoms with E-state index in [0.717, 1.165) is 4.88 Å². The van der Waals surface area contributed by atoms with E-state index in [1.807, 2.05) is 0 Å². The Morgan fingerprint density at radius 1 is 1.47 bits per heavy atom. The highest BCUT2D eigenvalue weighted by molar-refractivity contribution is 7.09. The van der Waals surface area contributed by atoms with E-state index in [-0.39, 0.29) is 6.04 Å². The highest BCUT2D eigenvalue weighted by Crippen LogP contribution is 2.22. The van der Waals surface area contributed by atoms with Crippen molar-refractivity contribution < 1.29 is 0 Å². The van der Waals surface area contributed by atoms with Crippen molar-refractivity contribution in [3.05, 3.63) is 16.6 Å². The predicted molar refractivity (Wildman–Crippen MR) is 60.5 cm³/mol. The molecule has 80 valence electrons. The van der Waals surface area contributed by atoms with Gasteiger partial charge in [0.25, 0.3) is 0 Å². The van der Waals surface area contributed by atoms with Crippen LogP contribution >= 0.6 is 11.3 Å². The quantitative estimate of drug-likeness (QED) is 0.853. The molecule has 0 bridgehead atoms. The van der Waals surface area contributed by atoms with Gasteiger partial charge < -0.3 is 0 Å². The van der Waals surface area contributed by atoms with Crippen LogP contribution in [0.4, 0.5) is 0 Å². The first-order chi connectivity index (χ1) is 7.40. The van der Waals surface area contributed by atoms with Crippen molar-refractivity contribution >= 4 is 11.3 Å². The van der Waals surface area contributed by atoms with Gasteiger partial charge in [-0.15, -0.1) is 11.3 Å². The number of nitriles is 1. The highest BCUT2D eigenvalue weighted by Gasteiger charge is 2.19. The van der Waals surface area contributed by atoms with Crippen LogP contribution in [0.3, 0.4) is 0 Å². The Kier molecular flexibility index (Phi) is 3.70. The van der Waals surface area contributed by atoms with Crippen LogP contribution in [0.2, 0.25) is 0 Å². The van der Waals surface area contributed by atoms with Crippen LogP contribution in [0, 0.1) is 11.3 Å². The zero-order valence-electron chi connectivity index (χ0n) is 8.65. The fourth-order valence-corrected chi connectivity index (χ4v) is 2.68. The van der Waals surface area contributed by atoms with E-state index in [9.17, 15) is 0 Å². The maximum absolute atomic E-state index is 9.09. The van der Waals surface area contributed by atoms with Gasteiger partial charge in [-0.05, 0) is 12.8 Å². The molecule has 1 fully saturated rings. The minimum atomic E-state index is -0.166. The van der Waals surface area contributed by atoms with E-state index in [0.29, 0.717) is 6.04 Å². The Morgan fingerprint density at radius 3 is 2.87 bits per heavy atom. The molecule has 4 heteroatoms. The Bertz CT molecular complexity index is 322. The second-order valence-corrected chi connectivity index (χ2v) is 4.89. The monoisotopic (exact) mass is 221 g/mol. The normalized spacial score (nSPS) is 19.7. The summed E-state index contributed by atoms with van der Waals surface area (Å²) < 4.78 is 0. The summed E-state index contributed by atoms with van der Waals surface area (Å²) in [4.78, 5) is 5.04. The number of hydrogen-bond donors (Lipinski definition) is 1. The maximum Gasteiger partial charge on any atom is 0.132 e. The first kappa shape index (κ1) is 10.6. The van der Waals surface area contributed by atoms with Crippen molar-refractivity contribution in [2.45, 2.75) is 44.2 Å². The zero-order valence-corrected chi connectivity index (χ0v) is 9.46. The lowest BCUT2D eigenvalue weighted by Gasteiger charge is -2.24. The molecule has 1 N–H and O–H groups in total. The largest absolute Gasteiger partial charge is 0.295 e. The fraction of sp³-hybridized carbons (Fsp3) is 0.636. The lowest BCUT2D eigenvalue weighted by Crippen LogP contribution is -2.33. The van der Waals surface area contributed by atoms with E-state index in [1.54, 1.807) is 23.0 Å². The molecular formula is C11H15N3S. The third kappa shape index (κ3) is 2.77. The van der Waals surface area contributed by atoms with Crippen molar-refractivity contribution in [2.24, 2.45) is 0 Å². The third-order valence-corrected chi connectivity index (χ3v) is 3.71. The van der Waals surface area contributed by atoms with Gasteiger partial charge in [0, 0.05) is 12.2 Å². The number of thiazole rings is 1. The Hall–Kier alpha value is -0.920. The van der Waals surface area contributed by atoms with Crippen molar-refractivity contribution in [3.63, 3.8) is 0 Å². The van der Waals surface area contributed by atoms with Crippen molar-refractivity contribution in [2.75, 3.05) is 0 Å². The molecule has 1 aliphatic carbocycles. The molecule has 1 unspecified atom stereocenters. The molecule has 1 aromatic heterocycles. The van der Waals surface area contributed by atoms with Gasteiger partial charge in [-0.2, -0.15) is 5.26 Å². The summed E-state index contributed by atoms with van der Waals surface area (Å²) in [6.45, 7) is 0. The van der Waals surface area contributed by atoms with E-state index in [4.69, 9.17) is 5.26 Å². The average Bonchev–Trinajstić information content (AvgIpc) is 2.81. The molecule has 1 heterocycles. The smallest absolute Gasteiger partial charge is 0.132 e. The van der Waals surface area contributed by atoms with Crippen molar-refractivity contribution in [1.82, 2.24) is 10.3 Å². The fourth-order valence-electron chi connectivity index (χ4n) is 2.06. The summed E-state index contributed by atoms with van der Waals surface area (Å²) in [5.41, 5.74) is 1.78. The predicted octanol–water partition coefficient (Wildman–Crippen LogP) is 2.63. The average molecular weight is 221 g/mol. The van der Waals surface area contributed by atoms with Crippen LogP contribution in [-0.2, 0) is 0 Å². The van der Waals surface area contributed by atoms with Crippen LogP contribution in [0.15, 0.2) is 11.7 Å². The minimum absolute atomic E-state index is 0.166. The summed E-state index contributed by atoms with van der Waals surface area (Å²) in [7, 11) is 0. The first-order valence-corrected chi connectivity index (χ1v) is 6.32. The number of rotatable bonds is 3. The third-order valence-electron chi connectivity index (χ3n) is 2.87. The number of nitrogens with one attached hydrogen (secondary N) is 1. The van der Waals surface area contributed by atoms with Gasteiger partial charge in [0.05, 0.1) is 16.5 Å². The molecule has 0 aromatic carbocycles. The molecule has 2 rings (SSSR count). The molecule has 1 atom stereocenters. The molecule has 0 saturated heterocycles. The van der Waals surface area contributed by atoms with Gasteiger partial charge >= 0.3 is 0 Å². The second-order valence-electron chi connectivity index (χ2n) is 3.97. The maximum atomic E-state index is 9.09. The number of aromatic nitrogens is 1. The van der Waals surface area contributed by atoms with Crippen LogP contribution < -0.4 is 5.32 Å². The van der Waals surface area contributed by atoms with Crippen LogP contribution in [0.25, 0.3) is 0 Å². The lowest BCUT2D eigenvalue weighted by molar-refractivity contribution is 0.361. The Balaban J connectivity index is 1.94. The Morgan fingerprint density at radius 2 is 2.27 bits per heavy atom. The molecule has 3 nitrogen and oxygen atoms in total.